The topological polar surface area (TPSA) is 93.6 Å². The average molecular weight is 306 g/mol. The van der Waals surface area contributed by atoms with Gasteiger partial charge in [-0.1, -0.05) is 19.0 Å². The molecule has 1 aromatic heterocycles. The number of aryl methyl sites for hydroxylation is 1. The number of nitrogens with two attached hydrogens (primary N) is 1. The molecule has 0 fully saturated rings. The first-order chi connectivity index (χ1) is 9.76. The SMILES string of the molecule is CCc1nnc(OC(C)C(F)(F)F)c(C(N)=NO)c1CC. The molecule has 0 aliphatic carbocycles. The highest BCUT2D eigenvalue weighted by atomic mass is 19.4. The second kappa shape index (κ2) is 6.59. The molecule has 1 unspecified atom stereocenters. The Morgan fingerprint density at radius 2 is 1.95 bits per heavy atom. The van der Waals surface area contributed by atoms with E-state index in [1.807, 2.05) is 6.92 Å². The Hall–Kier alpha value is -2.06. The van der Waals surface area contributed by atoms with Crippen LogP contribution in [0.2, 0.25) is 0 Å². The molecule has 0 spiro atoms. The van der Waals surface area contributed by atoms with Gasteiger partial charge in [0.05, 0.1) is 11.3 Å². The predicted octanol–water partition coefficient (Wildman–Crippen LogP) is 2.03. The molecule has 1 aromatic rings. The summed E-state index contributed by atoms with van der Waals surface area (Å²) in [6.07, 6.45) is -5.70. The minimum absolute atomic E-state index is 0.0444. The van der Waals surface area contributed by atoms with E-state index in [1.54, 1.807) is 6.92 Å². The maximum atomic E-state index is 12.6. The van der Waals surface area contributed by atoms with Gasteiger partial charge in [-0.3, -0.25) is 0 Å². The van der Waals surface area contributed by atoms with Crippen molar-refractivity contribution in [3.8, 4) is 5.88 Å². The monoisotopic (exact) mass is 306 g/mol. The number of alkyl halides is 3. The molecule has 118 valence electrons. The van der Waals surface area contributed by atoms with Crippen molar-refractivity contribution in [2.75, 3.05) is 0 Å². The Labute approximate surface area is 119 Å². The van der Waals surface area contributed by atoms with Crippen LogP contribution in [0.4, 0.5) is 13.2 Å². The summed E-state index contributed by atoms with van der Waals surface area (Å²) in [7, 11) is 0. The van der Waals surface area contributed by atoms with Gasteiger partial charge in [-0.05, 0) is 25.3 Å². The first-order valence-corrected chi connectivity index (χ1v) is 6.35. The molecule has 0 radical (unpaired) electrons. The molecule has 6 nitrogen and oxygen atoms in total. The number of nitrogens with zero attached hydrogens (tertiary/aromatic N) is 3. The van der Waals surface area contributed by atoms with Crippen molar-refractivity contribution in [3.63, 3.8) is 0 Å². The number of oxime groups is 1. The second-order valence-electron chi connectivity index (χ2n) is 4.30. The lowest BCUT2D eigenvalue weighted by molar-refractivity contribution is -0.190. The molecule has 1 heterocycles. The van der Waals surface area contributed by atoms with Crippen LogP contribution < -0.4 is 10.5 Å². The molecular weight excluding hydrogens is 289 g/mol. The third kappa shape index (κ3) is 3.73. The predicted molar refractivity (Wildman–Crippen MR) is 69.4 cm³/mol. The van der Waals surface area contributed by atoms with Crippen molar-refractivity contribution in [2.24, 2.45) is 10.9 Å². The van der Waals surface area contributed by atoms with Crippen LogP contribution in [0.5, 0.6) is 5.88 Å². The van der Waals surface area contributed by atoms with Gasteiger partial charge in [0, 0.05) is 0 Å². The van der Waals surface area contributed by atoms with Gasteiger partial charge >= 0.3 is 6.18 Å². The average Bonchev–Trinajstić information content (AvgIpc) is 2.44. The summed E-state index contributed by atoms with van der Waals surface area (Å²) in [5.41, 5.74) is 6.70. The summed E-state index contributed by atoms with van der Waals surface area (Å²) in [5.74, 6) is -0.759. The highest BCUT2D eigenvalue weighted by Gasteiger charge is 2.39. The van der Waals surface area contributed by atoms with Crippen LogP contribution in [-0.4, -0.2) is 33.5 Å². The largest absolute Gasteiger partial charge is 0.463 e. The van der Waals surface area contributed by atoms with Crippen molar-refractivity contribution in [3.05, 3.63) is 16.8 Å². The highest BCUT2D eigenvalue weighted by Crippen LogP contribution is 2.28. The van der Waals surface area contributed by atoms with Crippen LogP contribution in [0.1, 0.15) is 37.6 Å². The molecule has 0 saturated carbocycles. The summed E-state index contributed by atoms with van der Waals surface area (Å²) in [4.78, 5) is 0. The molecule has 9 heteroatoms. The van der Waals surface area contributed by atoms with E-state index < -0.39 is 18.2 Å². The van der Waals surface area contributed by atoms with Crippen LogP contribution in [0.25, 0.3) is 0 Å². The number of rotatable bonds is 5. The standard InChI is InChI=1S/C12H17F3N4O2/c1-4-7-8(5-2)17-18-11(9(7)10(16)19-20)21-6(3)12(13,14)15/h6,20H,4-5H2,1-3H3,(H2,16,19). The first kappa shape index (κ1) is 17.0. The molecule has 1 rings (SSSR count). The quantitative estimate of drug-likeness (QED) is 0.376. The van der Waals surface area contributed by atoms with Crippen molar-refractivity contribution in [1.29, 1.82) is 0 Å². The number of hydrogen-bond donors (Lipinski definition) is 2. The molecule has 0 amide bonds. The lowest BCUT2D eigenvalue weighted by Gasteiger charge is -2.20. The van der Waals surface area contributed by atoms with E-state index in [0.717, 1.165) is 6.92 Å². The van der Waals surface area contributed by atoms with Gasteiger partial charge in [0.15, 0.2) is 11.9 Å². The van der Waals surface area contributed by atoms with Gasteiger partial charge in [0.1, 0.15) is 0 Å². The summed E-state index contributed by atoms with van der Waals surface area (Å²) in [6, 6.07) is 0. The number of halogens is 3. The summed E-state index contributed by atoms with van der Waals surface area (Å²) < 4.78 is 42.6. The summed E-state index contributed by atoms with van der Waals surface area (Å²) >= 11 is 0. The molecule has 21 heavy (non-hydrogen) atoms. The highest BCUT2D eigenvalue weighted by molar-refractivity contribution is 6.00. The van der Waals surface area contributed by atoms with Crippen LogP contribution in [0.15, 0.2) is 5.16 Å². The van der Waals surface area contributed by atoms with Crippen LogP contribution in [-0.2, 0) is 12.8 Å². The Morgan fingerprint density at radius 1 is 1.33 bits per heavy atom. The summed E-state index contributed by atoms with van der Waals surface area (Å²) in [5, 5.41) is 19.1. The van der Waals surface area contributed by atoms with E-state index in [2.05, 4.69) is 15.4 Å². The molecular formula is C12H17F3N4O2. The molecule has 3 N–H and O–H groups in total. The molecule has 0 bridgehead atoms. The van der Waals surface area contributed by atoms with Gasteiger partial charge in [0.25, 0.3) is 0 Å². The van der Waals surface area contributed by atoms with E-state index in [4.69, 9.17) is 15.7 Å². The lowest BCUT2D eigenvalue weighted by atomic mass is 10.0. The molecule has 0 aliphatic rings. The number of amidine groups is 1. The van der Waals surface area contributed by atoms with Crippen LogP contribution in [0.3, 0.4) is 0 Å². The number of ether oxygens (including phenoxy) is 1. The van der Waals surface area contributed by atoms with Gasteiger partial charge in [0.2, 0.25) is 5.88 Å². The molecule has 0 aliphatic heterocycles. The Bertz CT molecular complexity index is 532. The maximum absolute atomic E-state index is 12.6. The fraction of sp³-hybridized carbons (Fsp3) is 0.583. The fourth-order valence-corrected chi connectivity index (χ4v) is 1.79. The van der Waals surface area contributed by atoms with E-state index >= 15 is 0 Å². The van der Waals surface area contributed by atoms with Crippen LogP contribution in [0, 0.1) is 0 Å². The summed E-state index contributed by atoms with van der Waals surface area (Å²) in [6.45, 7) is 4.44. The van der Waals surface area contributed by atoms with E-state index in [0.29, 0.717) is 24.1 Å². The van der Waals surface area contributed by atoms with E-state index in [-0.39, 0.29) is 11.4 Å². The zero-order valence-electron chi connectivity index (χ0n) is 11.9. The zero-order valence-corrected chi connectivity index (χ0v) is 11.9. The third-order valence-corrected chi connectivity index (χ3v) is 2.93. The second-order valence-corrected chi connectivity index (χ2v) is 4.30. The van der Waals surface area contributed by atoms with Gasteiger partial charge in [-0.25, -0.2) is 0 Å². The van der Waals surface area contributed by atoms with Gasteiger partial charge in [-0.15, -0.1) is 5.10 Å². The Morgan fingerprint density at radius 3 is 2.38 bits per heavy atom. The molecule has 0 aromatic carbocycles. The lowest BCUT2D eigenvalue weighted by Crippen LogP contribution is -2.33. The van der Waals surface area contributed by atoms with Crippen LogP contribution >= 0.6 is 0 Å². The minimum Gasteiger partial charge on any atom is -0.463 e. The Balaban J connectivity index is 3.39. The number of aromatic nitrogens is 2. The fourth-order valence-electron chi connectivity index (χ4n) is 1.79. The van der Waals surface area contributed by atoms with Crippen molar-refractivity contribution < 1.29 is 23.1 Å². The van der Waals surface area contributed by atoms with Crippen molar-refractivity contribution >= 4 is 5.84 Å². The smallest absolute Gasteiger partial charge is 0.425 e. The van der Waals surface area contributed by atoms with E-state index in [9.17, 15) is 13.2 Å². The molecule has 1 atom stereocenters. The molecule has 0 saturated heterocycles. The third-order valence-electron chi connectivity index (χ3n) is 2.93. The normalized spacial score (nSPS) is 14.1. The maximum Gasteiger partial charge on any atom is 0.425 e. The minimum atomic E-state index is -4.56. The number of hydrogen-bond acceptors (Lipinski definition) is 5. The van der Waals surface area contributed by atoms with Gasteiger partial charge < -0.3 is 15.7 Å². The Kier molecular flexibility index (Phi) is 5.34. The first-order valence-electron chi connectivity index (χ1n) is 6.35. The van der Waals surface area contributed by atoms with Crippen molar-refractivity contribution in [1.82, 2.24) is 10.2 Å². The van der Waals surface area contributed by atoms with Crippen molar-refractivity contribution in [2.45, 2.75) is 45.9 Å². The van der Waals surface area contributed by atoms with Gasteiger partial charge in [-0.2, -0.15) is 18.3 Å². The zero-order chi connectivity index (χ0) is 16.2. The van der Waals surface area contributed by atoms with E-state index in [1.165, 1.54) is 0 Å².